The zero-order valence-electron chi connectivity index (χ0n) is 12.3. The van der Waals surface area contributed by atoms with E-state index in [1.165, 1.54) is 0 Å². The molecule has 0 radical (unpaired) electrons. The number of hydrogen-bond acceptors (Lipinski definition) is 3. The lowest BCUT2D eigenvalue weighted by Crippen LogP contribution is -2.56. The largest absolute Gasteiger partial charge is 0.376 e. The summed E-state index contributed by atoms with van der Waals surface area (Å²) in [4.78, 5) is 0. The van der Waals surface area contributed by atoms with Crippen LogP contribution in [-0.2, 0) is 9.47 Å². The van der Waals surface area contributed by atoms with Crippen LogP contribution < -0.4 is 5.32 Å². The van der Waals surface area contributed by atoms with Crippen molar-refractivity contribution in [1.82, 2.24) is 5.32 Å². The van der Waals surface area contributed by atoms with Gasteiger partial charge in [-0.25, -0.2) is 0 Å². The summed E-state index contributed by atoms with van der Waals surface area (Å²) in [7, 11) is 0. The molecule has 1 aliphatic rings. The molecule has 102 valence electrons. The molecule has 1 rings (SSSR count). The highest BCUT2D eigenvalue weighted by Crippen LogP contribution is 2.22. The monoisotopic (exact) mass is 243 g/mol. The third-order valence-corrected chi connectivity index (χ3v) is 3.66. The SMILES string of the molecule is CCC(C)(C)OCCC(C)(C)NC1OCC1C. The van der Waals surface area contributed by atoms with Crippen molar-refractivity contribution in [3.05, 3.63) is 0 Å². The Morgan fingerprint density at radius 3 is 2.35 bits per heavy atom. The summed E-state index contributed by atoms with van der Waals surface area (Å²) in [5.74, 6) is 0.627. The van der Waals surface area contributed by atoms with Crippen LogP contribution in [0.15, 0.2) is 0 Å². The van der Waals surface area contributed by atoms with E-state index in [1.807, 2.05) is 0 Å². The van der Waals surface area contributed by atoms with Crippen LogP contribution in [0.1, 0.15) is 54.4 Å². The van der Waals surface area contributed by atoms with Gasteiger partial charge in [-0.3, -0.25) is 5.32 Å². The highest BCUT2D eigenvalue weighted by molar-refractivity contribution is 4.84. The maximum atomic E-state index is 5.89. The van der Waals surface area contributed by atoms with Gasteiger partial charge in [0.25, 0.3) is 0 Å². The molecule has 0 saturated carbocycles. The average molecular weight is 243 g/mol. The molecule has 3 heteroatoms. The van der Waals surface area contributed by atoms with E-state index < -0.39 is 0 Å². The molecule has 1 heterocycles. The van der Waals surface area contributed by atoms with Crippen molar-refractivity contribution in [1.29, 1.82) is 0 Å². The predicted octanol–water partition coefficient (Wildman–Crippen LogP) is 2.94. The third-order valence-electron chi connectivity index (χ3n) is 3.66. The smallest absolute Gasteiger partial charge is 0.113 e. The van der Waals surface area contributed by atoms with Crippen molar-refractivity contribution in [2.24, 2.45) is 5.92 Å². The first kappa shape index (κ1) is 14.9. The molecule has 0 aromatic heterocycles. The second-order valence-electron chi connectivity index (χ2n) is 6.47. The molecule has 1 saturated heterocycles. The topological polar surface area (TPSA) is 30.5 Å². The Morgan fingerprint density at radius 2 is 1.94 bits per heavy atom. The standard InChI is InChI=1S/C14H29NO2/c1-7-14(5,6)17-9-8-13(3,4)15-12-11(2)10-16-12/h11-12,15H,7-10H2,1-6H3. The summed E-state index contributed by atoms with van der Waals surface area (Å²) in [6, 6.07) is 0. The van der Waals surface area contributed by atoms with Gasteiger partial charge in [-0.1, -0.05) is 13.8 Å². The van der Waals surface area contributed by atoms with Gasteiger partial charge in [0.05, 0.1) is 12.2 Å². The van der Waals surface area contributed by atoms with Gasteiger partial charge in [-0.2, -0.15) is 0 Å². The fourth-order valence-corrected chi connectivity index (χ4v) is 1.71. The maximum Gasteiger partial charge on any atom is 0.113 e. The van der Waals surface area contributed by atoms with E-state index in [0.29, 0.717) is 5.92 Å². The van der Waals surface area contributed by atoms with Crippen LogP contribution in [-0.4, -0.2) is 30.6 Å². The zero-order chi connectivity index (χ0) is 13.1. The van der Waals surface area contributed by atoms with Gasteiger partial charge in [-0.05, 0) is 40.5 Å². The molecule has 2 unspecified atom stereocenters. The molecule has 1 fully saturated rings. The molecular weight excluding hydrogens is 214 g/mol. The summed E-state index contributed by atoms with van der Waals surface area (Å²) in [6.45, 7) is 14.8. The summed E-state index contributed by atoms with van der Waals surface area (Å²) >= 11 is 0. The maximum absolute atomic E-state index is 5.89. The van der Waals surface area contributed by atoms with E-state index >= 15 is 0 Å². The summed E-state index contributed by atoms with van der Waals surface area (Å²) in [5, 5.41) is 3.54. The molecule has 0 bridgehead atoms. The van der Waals surface area contributed by atoms with Crippen molar-refractivity contribution in [2.75, 3.05) is 13.2 Å². The highest BCUT2D eigenvalue weighted by atomic mass is 16.5. The quantitative estimate of drug-likeness (QED) is 0.746. The lowest BCUT2D eigenvalue weighted by atomic mass is 9.97. The third kappa shape index (κ3) is 4.94. The van der Waals surface area contributed by atoms with Gasteiger partial charge in [0.15, 0.2) is 0 Å². The van der Waals surface area contributed by atoms with Crippen molar-refractivity contribution in [3.63, 3.8) is 0 Å². The van der Waals surface area contributed by atoms with Gasteiger partial charge in [-0.15, -0.1) is 0 Å². The van der Waals surface area contributed by atoms with Crippen molar-refractivity contribution >= 4 is 0 Å². The summed E-state index contributed by atoms with van der Waals surface area (Å²) in [5.41, 5.74) is 0.0690. The minimum Gasteiger partial charge on any atom is -0.376 e. The second-order valence-corrected chi connectivity index (χ2v) is 6.47. The lowest BCUT2D eigenvalue weighted by molar-refractivity contribution is -0.138. The number of nitrogens with one attached hydrogen (secondary N) is 1. The number of ether oxygens (including phenoxy) is 2. The molecular formula is C14H29NO2. The summed E-state index contributed by atoms with van der Waals surface area (Å²) in [6.07, 6.45) is 2.27. The van der Waals surface area contributed by atoms with Crippen LogP contribution in [0.2, 0.25) is 0 Å². The first-order valence-electron chi connectivity index (χ1n) is 6.79. The Balaban J connectivity index is 2.24. The van der Waals surface area contributed by atoms with Crippen LogP contribution in [0.5, 0.6) is 0 Å². The van der Waals surface area contributed by atoms with Crippen molar-refractivity contribution in [3.8, 4) is 0 Å². The van der Waals surface area contributed by atoms with Gasteiger partial charge in [0, 0.05) is 18.1 Å². The summed E-state index contributed by atoms with van der Waals surface area (Å²) < 4.78 is 11.4. The zero-order valence-corrected chi connectivity index (χ0v) is 12.3. The molecule has 1 aliphatic heterocycles. The Bertz CT molecular complexity index is 238. The molecule has 2 atom stereocenters. The average Bonchev–Trinajstić information content (AvgIpc) is 2.23. The number of rotatable bonds is 7. The van der Waals surface area contributed by atoms with E-state index in [0.717, 1.165) is 26.1 Å². The van der Waals surface area contributed by atoms with Crippen LogP contribution in [0.25, 0.3) is 0 Å². The van der Waals surface area contributed by atoms with E-state index in [4.69, 9.17) is 9.47 Å². The second kappa shape index (κ2) is 5.68. The molecule has 0 spiro atoms. The van der Waals surface area contributed by atoms with E-state index in [1.54, 1.807) is 0 Å². The van der Waals surface area contributed by atoms with Crippen LogP contribution >= 0.6 is 0 Å². The van der Waals surface area contributed by atoms with Crippen LogP contribution in [0, 0.1) is 5.92 Å². The molecule has 1 N–H and O–H groups in total. The first-order chi connectivity index (χ1) is 7.76. The lowest BCUT2D eigenvalue weighted by Gasteiger charge is -2.41. The fourth-order valence-electron chi connectivity index (χ4n) is 1.71. The van der Waals surface area contributed by atoms with Gasteiger partial charge < -0.3 is 9.47 Å². The van der Waals surface area contributed by atoms with Gasteiger partial charge >= 0.3 is 0 Å². The normalized spacial score (nSPS) is 25.8. The minimum atomic E-state index is -0.00363. The molecule has 0 amide bonds. The molecule has 17 heavy (non-hydrogen) atoms. The minimum absolute atomic E-state index is 0.00363. The van der Waals surface area contributed by atoms with E-state index in [9.17, 15) is 0 Å². The fraction of sp³-hybridized carbons (Fsp3) is 1.00. The van der Waals surface area contributed by atoms with Crippen LogP contribution in [0.4, 0.5) is 0 Å². The molecule has 0 aliphatic carbocycles. The molecule has 0 aromatic carbocycles. The van der Waals surface area contributed by atoms with E-state index in [2.05, 4.69) is 46.9 Å². The Labute approximate surface area is 106 Å². The Morgan fingerprint density at radius 1 is 1.29 bits per heavy atom. The first-order valence-corrected chi connectivity index (χ1v) is 6.79. The molecule has 3 nitrogen and oxygen atoms in total. The van der Waals surface area contributed by atoms with Gasteiger partial charge in [0.2, 0.25) is 0 Å². The predicted molar refractivity (Wildman–Crippen MR) is 71.1 cm³/mol. The van der Waals surface area contributed by atoms with Gasteiger partial charge in [0.1, 0.15) is 6.23 Å². The van der Waals surface area contributed by atoms with Crippen LogP contribution in [0.3, 0.4) is 0 Å². The number of hydrogen-bond donors (Lipinski definition) is 1. The Hall–Kier alpha value is -0.120. The van der Waals surface area contributed by atoms with Crippen molar-refractivity contribution in [2.45, 2.75) is 71.8 Å². The highest BCUT2D eigenvalue weighted by Gasteiger charge is 2.32. The van der Waals surface area contributed by atoms with E-state index in [-0.39, 0.29) is 17.4 Å². The van der Waals surface area contributed by atoms with Crippen molar-refractivity contribution < 1.29 is 9.47 Å². The molecule has 0 aromatic rings. The Kier molecular flexibility index (Phi) is 4.99.